The standard InChI is InChI=1S/C14H15F2N/c1-2-10(9-17)11-3-5-12(6-4-11)14(15,16)13-7-8-13/h3-6,10,13H,2,7-8H2,1H3. The molecule has 1 aromatic rings. The molecule has 0 bridgehead atoms. The van der Waals surface area contributed by atoms with Gasteiger partial charge >= 0.3 is 0 Å². The van der Waals surface area contributed by atoms with E-state index >= 15 is 0 Å². The van der Waals surface area contributed by atoms with Gasteiger partial charge in [0.1, 0.15) is 0 Å². The van der Waals surface area contributed by atoms with Gasteiger partial charge in [0.15, 0.2) is 0 Å². The zero-order valence-electron chi connectivity index (χ0n) is 9.79. The van der Waals surface area contributed by atoms with Gasteiger partial charge in [-0.1, -0.05) is 31.2 Å². The van der Waals surface area contributed by atoms with Crippen LogP contribution in [0.2, 0.25) is 0 Å². The molecular formula is C14H15F2N. The molecular weight excluding hydrogens is 220 g/mol. The maximum Gasteiger partial charge on any atom is 0.276 e. The second kappa shape index (κ2) is 4.44. The molecule has 0 saturated heterocycles. The minimum absolute atomic E-state index is 0.0801. The van der Waals surface area contributed by atoms with Crippen molar-refractivity contribution in [1.82, 2.24) is 0 Å². The summed E-state index contributed by atoms with van der Waals surface area (Å²) in [4.78, 5) is 0. The first-order valence-corrected chi connectivity index (χ1v) is 5.97. The van der Waals surface area contributed by atoms with Gasteiger partial charge in [-0.25, -0.2) is 8.78 Å². The van der Waals surface area contributed by atoms with Crippen molar-refractivity contribution < 1.29 is 8.78 Å². The van der Waals surface area contributed by atoms with Crippen LogP contribution in [0.25, 0.3) is 0 Å². The number of rotatable bonds is 4. The fraction of sp³-hybridized carbons (Fsp3) is 0.500. The average molecular weight is 235 g/mol. The Morgan fingerprint density at radius 2 is 1.94 bits per heavy atom. The summed E-state index contributed by atoms with van der Waals surface area (Å²) in [5.74, 6) is -3.38. The van der Waals surface area contributed by atoms with Crippen LogP contribution in [-0.4, -0.2) is 0 Å². The maximum atomic E-state index is 13.8. The van der Waals surface area contributed by atoms with E-state index in [-0.39, 0.29) is 11.5 Å². The largest absolute Gasteiger partial charge is 0.276 e. The maximum absolute atomic E-state index is 13.8. The molecule has 0 amide bonds. The average Bonchev–Trinajstić information content (AvgIpc) is 3.15. The summed E-state index contributed by atoms with van der Waals surface area (Å²) in [6.45, 7) is 1.92. The molecule has 1 aromatic carbocycles. The van der Waals surface area contributed by atoms with Crippen LogP contribution in [0.1, 0.15) is 43.2 Å². The van der Waals surface area contributed by atoms with Gasteiger partial charge in [0.25, 0.3) is 5.92 Å². The minimum Gasteiger partial charge on any atom is -0.201 e. The zero-order chi connectivity index (χ0) is 12.5. The molecule has 0 aliphatic heterocycles. The van der Waals surface area contributed by atoms with Crippen LogP contribution in [-0.2, 0) is 5.92 Å². The number of nitrogens with zero attached hydrogens (tertiary/aromatic N) is 1. The third kappa shape index (κ3) is 2.31. The molecule has 1 aliphatic carbocycles. The lowest BCUT2D eigenvalue weighted by Gasteiger charge is -2.16. The van der Waals surface area contributed by atoms with E-state index in [4.69, 9.17) is 5.26 Å². The third-order valence-electron chi connectivity index (χ3n) is 3.35. The van der Waals surface area contributed by atoms with E-state index < -0.39 is 11.8 Å². The number of alkyl halides is 2. The molecule has 3 heteroatoms. The van der Waals surface area contributed by atoms with Crippen molar-refractivity contribution in [2.75, 3.05) is 0 Å². The monoisotopic (exact) mass is 235 g/mol. The molecule has 0 radical (unpaired) electrons. The van der Waals surface area contributed by atoms with E-state index in [9.17, 15) is 8.78 Å². The molecule has 1 aliphatic rings. The van der Waals surface area contributed by atoms with Crippen molar-refractivity contribution in [2.24, 2.45) is 5.92 Å². The third-order valence-corrected chi connectivity index (χ3v) is 3.35. The summed E-state index contributed by atoms with van der Waals surface area (Å²) in [5.41, 5.74) is 0.905. The van der Waals surface area contributed by atoms with Crippen molar-refractivity contribution in [3.05, 3.63) is 35.4 Å². The highest BCUT2D eigenvalue weighted by molar-refractivity contribution is 5.31. The number of benzene rings is 1. The minimum atomic E-state index is -2.70. The highest BCUT2D eigenvalue weighted by Gasteiger charge is 2.47. The quantitative estimate of drug-likeness (QED) is 0.767. The van der Waals surface area contributed by atoms with Crippen LogP contribution in [0.4, 0.5) is 8.78 Å². The zero-order valence-corrected chi connectivity index (χ0v) is 9.79. The Bertz CT molecular complexity index is 427. The molecule has 0 spiro atoms. The molecule has 90 valence electrons. The van der Waals surface area contributed by atoms with Gasteiger partial charge in [-0.3, -0.25) is 0 Å². The number of nitriles is 1. The topological polar surface area (TPSA) is 23.8 Å². The Labute approximate surface area is 100 Å². The first-order valence-electron chi connectivity index (χ1n) is 5.97. The predicted molar refractivity (Wildman–Crippen MR) is 61.7 cm³/mol. The van der Waals surface area contributed by atoms with Crippen molar-refractivity contribution in [3.8, 4) is 6.07 Å². The first kappa shape index (κ1) is 12.0. The van der Waals surface area contributed by atoms with Gasteiger partial charge < -0.3 is 0 Å². The highest BCUT2D eigenvalue weighted by atomic mass is 19.3. The van der Waals surface area contributed by atoms with Gasteiger partial charge in [0.2, 0.25) is 0 Å². The Kier molecular flexibility index (Phi) is 3.15. The fourth-order valence-electron chi connectivity index (χ4n) is 2.02. The van der Waals surface area contributed by atoms with E-state index in [1.807, 2.05) is 6.92 Å². The van der Waals surface area contributed by atoms with Crippen LogP contribution in [0.5, 0.6) is 0 Å². The van der Waals surface area contributed by atoms with Gasteiger partial charge in [0, 0.05) is 11.5 Å². The van der Waals surface area contributed by atoms with E-state index in [2.05, 4.69) is 6.07 Å². The Morgan fingerprint density at radius 1 is 1.35 bits per heavy atom. The normalized spacial score (nSPS) is 17.5. The van der Waals surface area contributed by atoms with Crippen molar-refractivity contribution in [3.63, 3.8) is 0 Å². The molecule has 0 N–H and O–H groups in total. The van der Waals surface area contributed by atoms with Gasteiger partial charge in [0.05, 0.1) is 12.0 Å². The van der Waals surface area contributed by atoms with Crippen molar-refractivity contribution in [1.29, 1.82) is 5.26 Å². The van der Waals surface area contributed by atoms with E-state index in [0.717, 1.165) is 5.56 Å². The van der Waals surface area contributed by atoms with Crippen molar-refractivity contribution >= 4 is 0 Å². The number of hydrogen-bond acceptors (Lipinski definition) is 1. The van der Waals surface area contributed by atoms with E-state index in [0.29, 0.717) is 19.3 Å². The Hall–Kier alpha value is -1.43. The van der Waals surface area contributed by atoms with E-state index in [1.54, 1.807) is 12.1 Å². The van der Waals surface area contributed by atoms with Crippen LogP contribution >= 0.6 is 0 Å². The summed E-state index contributed by atoms with van der Waals surface area (Å²) in [5, 5.41) is 8.91. The number of hydrogen-bond donors (Lipinski definition) is 0. The molecule has 0 aromatic heterocycles. The lowest BCUT2D eigenvalue weighted by Crippen LogP contribution is -2.15. The van der Waals surface area contributed by atoms with Gasteiger partial charge in [-0.05, 0) is 24.8 Å². The molecule has 1 atom stereocenters. The summed E-state index contributed by atoms with van der Waals surface area (Å²) < 4.78 is 27.5. The molecule has 0 heterocycles. The molecule has 1 nitrogen and oxygen atoms in total. The number of halogens is 2. The van der Waals surface area contributed by atoms with Gasteiger partial charge in [-0.15, -0.1) is 0 Å². The van der Waals surface area contributed by atoms with E-state index in [1.165, 1.54) is 12.1 Å². The SMILES string of the molecule is CCC(C#N)c1ccc(C(F)(F)C2CC2)cc1. The van der Waals surface area contributed by atoms with Crippen LogP contribution in [0.3, 0.4) is 0 Å². The molecule has 2 rings (SSSR count). The van der Waals surface area contributed by atoms with Crippen molar-refractivity contribution in [2.45, 2.75) is 38.0 Å². The summed E-state index contributed by atoms with van der Waals surface area (Å²) >= 11 is 0. The Balaban J connectivity index is 2.21. The smallest absolute Gasteiger partial charge is 0.201 e. The summed E-state index contributed by atoms with van der Waals surface area (Å²) in [6.07, 6.45) is 1.93. The second-order valence-corrected chi connectivity index (χ2v) is 4.61. The van der Waals surface area contributed by atoms with Gasteiger partial charge in [-0.2, -0.15) is 5.26 Å². The van der Waals surface area contributed by atoms with Crippen LogP contribution in [0, 0.1) is 17.2 Å². The lowest BCUT2D eigenvalue weighted by molar-refractivity contribution is -0.0285. The fourth-order valence-corrected chi connectivity index (χ4v) is 2.02. The second-order valence-electron chi connectivity index (χ2n) is 4.61. The molecule has 1 unspecified atom stereocenters. The highest BCUT2D eigenvalue weighted by Crippen LogP contribution is 2.49. The first-order chi connectivity index (χ1) is 8.09. The Morgan fingerprint density at radius 3 is 2.35 bits per heavy atom. The van der Waals surface area contributed by atoms with Crippen LogP contribution < -0.4 is 0 Å². The summed E-state index contributed by atoms with van der Waals surface area (Å²) in [7, 11) is 0. The molecule has 1 saturated carbocycles. The summed E-state index contributed by atoms with van der Waals surface area (Å²) in [6, 6.07) is 8.42. The molecule has 17 heavy (non-hydrogen) atoms. The lowest BCUT2D eigenvalue weighted by atomic mass is 9.95. The van der Waals surface area contributed by atoms with Crippen LogP contribution in [0.15, 0.2) is 24.3 Å². The molecule has 1 fully saturated rings. The predicted octanol–water partition coefficient (Wildman–Crippen LogP) is 4.21.